The molecule has 7 heteroatoms. The number of carbonyl (C=O) groups is 1. The first-order valence-electron chi connectivity index (χ1n) is 10.9. The third-order valence-corrected chi connectivity index (χ3v) is 7.68. The van der Waals surface area contributed by atoms with Crippen molar-refractivity contribution in [3.63, 3.8) is 0 Å². The van der Waals surface area contributed by atoms with Crippen LogP contribution in [-0.2, 0) is 19.6 Å². The van der Waals surface area contributed by atoms with E-state index in [0.717, 1.165) is 77.1 Å². The highest BCUT2D eigenvalue weighted by molar-refractivity contribution is 7.17. The maximum Gasteiger partial charge on any atom is 0.264 e. The lowest BCUT2D eigenvalue weighted by Gasteiger charge is -2.24. The van der Waals surface area contributed by atoms with Gasteiger partial charge in [-0.3, -0.25) is 4.79 Å². The lowest BCUT2D eigenvalue weighted by atomic mass is 10.1. The summed E-state index contributed by atoms with van der Waals surface area (Å²) in [5.74, 6) is 3.08. The van der Waals surface area contributed by atoms with E-state index in [2.05, 4.69) is 20.8 Å². The molecule has 5 heterocycles. The van der Waals surface area contributed by atoms with Gasteiger partial charge in [0.15, 0.2) is 5.82 Å². The molecule has 6 nitrogen and oxygen atoms in total. The van der Waals surface area contributed by atoms with Crippen LogP contribution < -0.4 is 4.74 Å². The zero-order chi connectivity index (χ0) is 20.1. The smallest absolute Gasteiger partial charge is 0.264 e. The molecule has 0 saturated carbocycles. The number of para-hydroxylation sites is 1. The molecule has 0 N–H and O–H groups in total. The van der Waals surface area contributed by atoms with Gasteiger partial charge in [0.1, 0.15) is 18.2 Å². The molecule has 0 spiro atoms. The molecule has 3 aliphatic heterocycles. The fourth-order valence-corrected chi connectivity index (χ4v) is 6.13. The molecule has 0 radical (unpaired) electrons. The van der Waals surface area contributed by atoms with Gasteiger partial charge in [-0.05, 0) is 43.9 Å². The van der Waals surface area contributed by atoms with Crippen molar-refractivity contribution in [1.82, 2.24) is 19.7 Å². The third kappa shape index (κ3) is 2.87. The van der Waals surface area contributed by atoms with Gasteiger partial charge >= 0.3 is 0 Å². The minimum absolute atomic E-state index is 0.0273. The van der Waals surface area contributed by atoms with Gasteiger partial charge in [0.25, 0.3) is 5.91 Å². The summed E-state index contributed by atoms with van der Waals surface area (Å²) in [6, 6.07) is 10.1. The number of rotatable bonds is 2. The van der Waals surface area contributed by atoms with Crippen molar-refractivity contribution in [2.24, 2.45) is 0 Å². The number of aryl methyl sites for hydroxylation is 1. The molecule has 154 valence electrons. The monoisotopic (exact) mass is 420 g/mol. The first kappa shape index (κ1) is 18.1. The van der Waals surface area contributed by atoms with E-state index in [-0.39, 0.29) is 11.9 Å². The molecule has 6 rings (SSSR count). The highest BCUT2D eigenvalue weighted by Crippen LogP contribution is 2.43. The quantitative estimate of drug-likeness (QED) is 0.608. The Kier molecular flexibility index (Phi) is 4.37. The fourth-order valence-electron chi connectivity index (χ4n) is 4.98. The lowest BCUT2D eigenvalue weighted by Crippen LogP contribution is -2.31. The van der Waals surface area contributed by atoms with Crippen LogP contribution in [0.25, 0.3) is 10.4 Å². The molecule has 0 unspecified atom stereocenters. The zero-order valence-electron chi connectivity index (χ0n) is 16.8. The summed E-state index contributed by atoms with van der Waals surface area (Å²) in [6.45, 7) is 2.27. The number of ether oxygens (including phenoxy) is 1. The number of hydrogen-bond acceptors (Lipinski definition) is 5. The Hall–Kier alpha value is -2.67. The van der Waals surface area contributed by atoms with Gasteiger partial charge < -0.3 is 14.2 Å². The van der Waals surface area contributed by atoms with Gasteiger partial charge in [-0.15, -0.1) is 21.5 Å². The second kappa shape index (κ2) is 7.23. The second-order valence-corrected chi connectivity index (χ2v) is 9.40. The summed E-state index contributed by atoms with van der Waals surface area (Å²) < 4.78 is 8.17. The van der Waals surface area contributed by atoms with E-state index in [1.165, 1.54) is 12.8 Å². The van der Waals surface area contributed by atoms with Crippen molar-refractivity contribution in [3.05, 3.63) is 52.4 Å². The molecule has 0 aliphatic carbocycles. The van der Waals surface area contributed by atoms with Crippen LogP contribution in [0.2, 0.25) is 0 Å². The molecule has 1 aromatic carbocycles. The minimum atomic E-state index is 0.0273. The minimum Gasteiger partial charge on any atom is -0.488 e. The van der Waals surface area contributed by atoms with E-state index >= 15 is 0 Å². The van der Waals surface area contributed by atoms with Crippen LogP contribution in [0.3, 0.4) is 0 Å². The highest BCUT2D eigenvalue weighted by Gasteiger charge is 2.36. The summed E-state index contributed by atoms with van der Waals surface area (Å²) in [5.41, 5.74) is 2.19. The molecule has 2 aromatic heterocycles. The topological polar surface area (TPSA) is 60.2 Å². The van der Waals surface area contributed by atoms with E-state index in [0.29, 0.717) is 6.61 Å². The molecular formula is C23H24N4O2S. The van der Waals surface area contributed by atoms with Gasteiger partial charge in [0.05, 0.1) is 10.9 Å². The number of likely N-dealkylation sites (tertiary alicyclic amines) is 1. The second-order valence-electron chi connectivity index (χ2n) is 8.34. The van der Waals surface area contributed by atoms with E-state index in [1.54, 1.807) is 11.3 Å². The average molecular weight is 421 g/mol. The number of fused-ring (bicyclic) bond motifs is 4. The maximum absolute atomic E-state index is 13.6. The molecule has 1 saturated heterocycles. The van der Waals surface area contributed by atoms with Crippen LogP contribution in [0.15, 0.2) is 30.3 Å². The molecule has 1 amide bonds. The first-order chi connectivity index (χ1) is 14.8. The first-order valence-corrected chi connectivity index (χ1v) is 11.7. The van der Waals surface area contributed by atoms with Crippen LogP contribution in [-0.4, -0.2) is 32.1 Å². The maximum atomic E-state index is 13.6. The lowest BCUT2D eigenvalue weighted by molar-refractivity contribution is 0.0732. The highest BCUT2D eigenvalue weighted by atomic mass is 32.1. The molecule has 3 aliphatic rings. The van der Waals surface area contributed by atoms with Gasteiger partial charge in [-0.25, -0.2) is 0 Å². The summed E-state index contributed by atoms with van der Waals surface area (Å²) in [4.78, 5) is 17.5. The summed E-state index contributed by atoms with van der Waals surface area (Å²) in [7, 11) is 0. The number of thiophene rings is 1. The van der Waals surface area contributed by atoms with Gasteiger partial charge in [-0.2, -0.15) is 0 Å². The van der Waals surface area contributed by atoms with Crippen molar-refractivity contribution in [3.8, 4) is 16.2 Å². The third-order valence-electron chi connectivity index (χ3n) is 6.48. The molecule has 30 heavy (non-hydrogen) atoms. The van der Waals surface area contributed by atoms with Crippen LogP contribution >= 0.6 is 11.3 Å². The Labute approximate surface area is 179 Å². The Bertz CT molecular complexity index is 1120. The number of hydrogen-bond donors (Lipinski definition) is 0. The number of benzene rings is 1. The average Bonchev–Trinajstić information content (AvgIpc) is 3.48. The van der Waals surface area contributed by atoms with E-state index in [4.69, 9.17) is 4.74 Å². The van der Waals surface area contributed by atoms with Gasteiger partial charge in [0, 0.05) is 35.5 Å². The SMILES string of the molecule is O=C(c1cc2c(s1)-c1ccccc1OC2)N1CCC[C@@H]1c1nnc2n1CCCCC2. The van der Waals surface area contributed by atoms with Crippen molar-refractivity contribution in [2.75, 3.05) is 6.54 Å². The van der Waals surface area contributed by atoms with E-state index in [1.807, 2.05) is 29.2 Å². The van der Waals surface area contributed by atoms with Crippen molar-refractivity contribution in [2.45, 2.75) is 57.7 Å². The van der Waals surface area contributed by atoms with Crippen LogP contribution in [0, 0.1) is 0 Å². The summed E-state index contributed by atoms with van der Waals surface area (Å²) in [6.07, 6.45) is 6.53. The van der Waals surface area contributed by atoms with Crippen molar-refractivity contribution >= 4 is 17.2 Å². The number of amides is 1. The Morgan fingerprint density at radius 2 is 2.03 bits per heavy atom. The largest absolute Gasteiger partial charge is 0.488 e. The predicted molar refractivity (Wildman–Crippen MR) is 115 cm³/mol. The van der Waals surface area contributed by atoms with Crippen molar-refractivity contribution in [1.29, 1.82) is 0 Å². The summed E-state index contributed by atoms with van der Waals surface area (Å²) in [5, 5.41) is 9.01. The molecular weight excluding hydrogens is 396 g/mol. The molecule has 3 aromatic rings. The summed E-state index contributed by atoms with van der Waals surface area (Å²) >= 11 is 1.59. The van der Waals surface area contributed by atoms with Gasteiger partial charge in [0.2, 0.25) is 0 Å². The van der Waals surface area contributed by atoms with E-state index < -0.39 is 0 Å². The van der Waals surface area contributed by atoms with E-state index in [9.17, 15) is 4.79 Å². The van der Waals surface area contributed by atoms with Crippen molar-refractivity contribution < 1.29 is 9.53 Å². The number of aromatic nitrogens is 3. The number of nitrogens with zero attached hydrogens (tertiary/aromatic N) is 4. The molecule has 1 atom stereocenters. The molecule has 1 fully saturated rings. The normalized spacial score (nSPS) is 20.1. The number of carbonyl (C=O) groups excluding carboxylic acids is 1. The standard InChI is InChI=1S/C23H24N4O2S/c28-23(19-13-15-14-29-18-9-4-3-7-16(18)21(15)30-19)26-12-6-8-17(26)22-25-24-20-10-2-1-5-11-27(20)22/h3-4,7,9,13,17H,1-2,5-6,8,10-12,14H2/t17-/m1/s1. The van der Waals surface area contributed by atoms with Crippen LogP contribution in [0.4, 0.5) is 0 Å². The zero-order valence-corrected chi connectivity index (χ0v) is 17.7. The Morgan fingerprint density at radius 1 is 1.10 bits per heavy atom. The van der Waals surface area contributed by atoms with Crippen LogP contribution in [0.1, 0.15) is 65.0 Å². The van der Waals surface area contributed by atoms with Crippen LogP contribution in [0.5, 0.6) is 5.75 Å². The Morgan fingerprint density at radius 3 is 3.00 bits per heavy atom. The molecule has 0 bridgehead atoms. The Balaban J connectivity index is 1.32. The predicted octanol–water partition coefficient (Wildman–Crippen LogP) is 4.60. The van der Waals surface area contributed by atoms with Gasteiger partial charge in [-0.1, -0.05) is 18.6 Å². The fraction of sp³-hybridized carbons (Fsp3) is 0.435.